The molecule has 0 radical (unpaired) electrons. The molecule has 12 heteroatoms. The van der Waals surface area contributed by atoms with Crippen LogP contribution >= 0.6 is 15.2 Å². The lowest BCUT2D eigenvalue weighted by molar-refractivity contribution is 0.00835. The van der Waals surface area contributed by atoms with Gasteiger partial charge in [0.1, 0.15) is 0 Å². The molecule has 0 aliphatic carbocycles. The van der Waals surface area contributed by atoms with Crippen molar-refractivity contribution in [2.45, 2.75) is 5.40 Å². The zero-order valence-electron chi connectivity index (χ0n) is 10.7. The van der Waals surface area contributed by atoms with Gasteiger partial charge >= 0.3 is 15.2 Å². The van der Waals surface area contributed by atoms with Crippen LogP contribution < -0.4 is 0 Å². The molecule has 0 atom stereocenters. The topological polar surface area (TPSA) is 163 Å². The summed E-state index contributed by atoms with van der Waals surface area (Å²) in [7, 11) is -9.89. The molecule has 0 aliphatic rings. The summed E-state index contributed by atoms with van der Waals surface area (Å²) in [4.78, 5) is 35.2. The Morgan fingerprint density at radius 1 is 0.750 bits per heavy atom. The fraction of sp³-hybridized carbons (Fsp3) is 1.00. The number of aliphatic hydroxyl groups excluding tert-OH is 1. The largest absolute Gasteiger partial charge is 0.394 e. The van der Waals surface area contributed by atoms with Crippen LogP contribution in [0.5, 0.6) is 0 Å². The molecule has 0 heterocycles. The van der Waals surface area contributed by atoms with E-state index < -0.39 is 27.2 Å². The van der Waals surface area contributed by atoms with Crippen molar-refractivity contribution in [3.8, 4) is 0 Å². The van der Waals surface area contributed by atoms with E-state index in [0.29, 0.717) is 0 Å². The standard InChI is InChI=1S/C8H20O10P2/c9-1-2-16-3-4-17-5-6-18-7-8(19(10,11)12)20(13,14)15/h8-9H,1-7H2,(H2,10,11,12)(H2,13,14,15). The molecule has 0 saturated carbocycles. The Labute approximate surface area is 116 Å². The molecule has 0 aromatic rings. The van der Waals surface area contributed by atoms with Gasteiger partial charge in [0.25, 0.3) is 0 Å². The average Bonchev–Trinajstić information content (AvgIpc) is 2.28. The molecule has 0 fully saturated rings. The molecule has 20 heavy (non-hydrogen) atoms. The molecule has 0 spiro atoms. The van der Waals surface area contributed by atoms with E-state index in [1.165, 1.54) is 0 Å². The van der Waals surface area contributed by atoms with Crippen LogP contribution in [-0.2, 0) is 23.3 Å². The second-order valence-electron chi connectivity index (χ2n) is 3.68. The molecule has 122 valence electrons. The van der Waals surface area contributed by atoms with Crippen molar-refractivity contribution in [2.24, 2.45) is 0 Å². The summed E-state index contributed by atoms with van der Waals surface area (Å²) in [6, 6.07) is 0. The number of rotatable bonds is 12. The summed E-state index contributed by atoms with van der Waals surface area (Å²) >= 11 is 0. The normalized spacial score (nSPS) is 13.1. The highest BCUT2D eigenvalue weighted by Gasteiger charge is 2.43. The van der Waals surface area contributed by atoms with E-state index >= 15 is 0 Å². The average molecular weight is 338 g/mol. The highest BCUT2D eigenvalue weighted by Crippen LogP contribution is 2.59. The van der Waals surface area contributed by atoms with E-state index in [1.807, 2.05) is 0 Å². The first-order valence-corrected chi connectivity index (χ1v) is 9.00. The van der Waals surface area contributed by atoms with Gasteiger partial charge < -0.3 is 38.9 Å². The second-order valence-corrected chi connectivity index (χ2v) is 7.69. The number of ether oxygens (including phenoxy) is 3. The van der Waals surface area contributed by atoms with E-state index in [-0.39, 0.29) is 39.6 Å². The lowest BCUT2D eigenvalue weighted by atomic mass is 10.7. The molecular formula is C8H20O10P2. The summed E-state index contributed by atoms with van der Waals surface area (Å²) in [5.41, 5.74) is 0. The van der Waals surface area contributed by atoms with Crippen LogP contribution in [0.15, 0.2) is 0 Å². The predicted octanol–water partition coefficient (Wildman–Crippen LogP) is -1.29. The van der Waals surface area contributed by atoms with E-state index in [0.717, 1.165) is 0 Å². The number of aliphatic hydroxyl groups is 1. The molecule has 0 rings (SSSR count). The van der Waals surface area contributed by atoms with Crippen LogP contribution in [0.4, 0.5) is 0 Å². The first kappa shape index (κ1) is 20.1. The van der Waals surface area contributed by atoms with Crippen molar-refractivity contribution < 1.29 is 48.0 Å². The minimum atomic E-state index is -4.94. The van der Waals surface area contributed by atoms with Crippen LogP contribution in [0, 0.1) is 0 Å². The molecule has 0 aromatic heterocycles. The zero-order valence-corrected chi connectivity index (χ0v) is 12.5. The summed E-state index contributed by atoms with van der Waals surface area (Å²) in [5, 5.41) is 6.25. The van der Waals surface area contributed by atoms with Crippen molar-refractivity contribution in [3.63, 3.8) is 0 Å². The minimum Gasteiger partial charge on any atom is -0.394 e. The van der Waals surface area contributed by atoms with Gasteiger partial charge in [-0.05, 0) is 0 Å². The Kier molecular flexibility index (Phi) is 10.0. The molecule has 10 nitrogen and oxygen atoms in total. The Balaban J connectivity index is 3.77. The SMILES string of the molecule is O=P(O)(O)C(COCCOCCOCCO)P(=O)(O)O. The highest BCUT2D eigenvalue weighted by atomic mass is 31.2. The van der Waals surface area contributed by atoms with Crippen LogP contribution in [-0.4, -0.2) is 76.3 Å². The second kappa shape index (κ2) is 9.97. The highest BCUT2D eigenvalue weighted by molar-refractivity contribution is 7.70. The van der Waals surface area contributed by atoms with E-state index in [1.54, 1.807) is 0 Å². The van der Waals surface area contributed by atoms with Gasteiger partial charge in [0, 0.05) is 0 Å². The molecular weight excluding hydrogens is 318 g/mol. The zero-order chi connectivity index (χ0) is 15.6. The van der Waals surface area contributed by atoms with Gasteiger partial charge in [-0.2, -0.15) is 0 Å². The van der Waals surface area contributed by atoms with Gasteiger partial charge in [-0.15, -0.1) is 0 Å². The maximum Gasteiger partial charge on any atom is 0.343 e. The quantitative estimate of drug-likeness (QED) is 0.214. The summed E-state index contributed by atoms with van der Waals surface area (Å²) in [6.07, 6.45) is 0. The van der Waals surface area contributed by atoms with Gasteiger partial charge in [0.05, 0.1) is 46.2 Å². The van der Waals surface area contributed by atoms with Crippen molar-refractivity contribution >= 4 is 15.2 Å². The third-order valence-corrected chi connectivity index (χ3v) is 5.68. The molecule has 0 aromatic carbocycles. The third-order valence-electron chi connectivity index (χ3n) is 2.02. The molecule has 0 unspecified atom stereocenters. The third kappa shape index (κ3) is 9.95. The Morgan fingerprint density at radius 3 is 1.55 bits per heavy atom. The first-order valence-electron chi connectivity index (χ1n) is 5.64. The lowest BCUT2D eigenvalue weighted by Crippen LogP contribution is -2.19. The van der Waals surface area contributed by atoms with Crippen molar-refractivity contribution in [1.82, 2.24) is 0 Å². The van der Waals surface area contributed by atoms with Crippen molar-refractivity contribution in [2.75, 3.05) is 46.2 Å². The van der Waals surface area contributed by atoms with Gasteiger partial charge in [-0.3, -0.25) is 9.13 Å². The van der Waals surface area contributed by atoms with Crippen LogP contribution in [0.1, 0.15) is 0 Å². The Hall–Kier alpha value is 0.140. The van der Waals surface area contributed by atoms with Crippen LogP contribution in [0.25, 0.3) is 0 Å². The molecule has 5 N–H and O–H groups in total. The van der Waals surface area contributed by atoms with Gasteiger partial charge in [-0.25, -0.2) is 0 Å². The predicted molar refractivity (Wildman–Crippen MR) is 67.4 cm³/mol. The number of hydrogen-bond acceptors (Lipinski definition) is 6. The maximum atomic E-state index is 10.9. The van der Waals surface area contributed by atoms with Crippen LogP contribution in [0.3, 0.4) is 0 Å². The number of hydrogen-bond donors (Lipinski definition) is 5. The molecule has 0 saturated heterocycles. The Morgan fingerprint density at radius 2 is 1.15 bits per heavy atom. The fourth-order valence-electron chi connectivity index (χ4n) is 1.08. The fourth-order valence-corrected chi connectivity index (χ4v) is 3.25. The smallest absolute Gasteiger partial charge is 0.343 e. The van der Waals surface area contributed by atoms with Crippen molar-refractivity contribution in [1.29, 1.82) is 0 Å². The van der Waals surface area contributed by atoms with E-state index in [4.69, 9.17) is 38.9 Å². The summed E-state index contributed by atoms with van der Waals surface area (Å²) in [5.74, 6) is 0. The monoisotopic (exact) mass is 338 g/mol. The van der Waals surface area contributed by atoms with E-state index in [2.05, 4.69) is 0 Å². The minimum absolute atomic E-state index is 0.0729. The van der Waals surface area contributed by atoms with Crippen molar-refractivity contribution in [3.05, 3.63) is 0 Å². The molecule has 0 bridgehead atoms. The maximum absolute atomic E-state index is 10.9. The van der Waals surface area contributed by atoms with Gasteiger partial charge in [-0.1, -0.05) is 0 Å². The molecule has 0 amide bonds. The Bertz CT molecular complexity index is 314. The molecule has 0 aliphatic heterocycles. The van der Waals surface area contributed by atoms with Crippen LogP contribution in [0.2, 0.25) is 0 Å². The van der Waals surface area contributed by atoms with Gasteiger partial charge in [0.2, 0.25) is 0 Å². The van der Waals surface area contributed by atoms with E-state index in [9.17, 15) is 9.13 Å². The van der Waals surface area contributed by atoms with Gasteiger partial charge in [0.15, 0.2) is 5.40 Å². The summed E-state index contributed by atoms with van der Waals surface area (Å²) in [6.45, 7) is -0.133. The lowest BCUT2D eigenvalue weighted by Gasteiger charge is -2.19. The summed E-state index contributed by atoms with van der Waals surface area (Å²) < 4.78 is 36.5. The first-order chi connectivity index (χ1) is 9.19.